The van der Waals surface area contributed by atoms with Gasteiger partial charge in [0.25, 0.3) is 0 Å². The lowest BCUT2D eigenvalue weighted by atomic mass is 9.46. The largest absolute Gasteiger partial charge is 0.497 e. The molecule has 0 saturated heterocycles. The number of hydrogen-bond acceptors (Lipinski definition) is 5. The van der Waals surface area contributed by atoms with E-state index < -0.39 is 28.8 Å². The highest BCUT2D eigenvalue weighted by atomic mass is 35.5. The third-order valence-corrected chi connectivity index (χ3v) is 10.1. The van der Waals surface area contributed by atoms with Crippen LogP contribution >= 0.6 is 23.2 Å². The molecule has 1 fully saturated rings. The van der Waals surface area contributed by atoms with E-state index in [2.05, 4.69) is 6.07 Å². The van der Waals surface area contributed by atoms with Crippen molar-refractivity contribution in [3.8, 4) is 17.6 Å². The van der Waals surface area contributed by atoms with Crippen molar-refractivity contribution < 1.29 is 19.4 Å². The van der Waals surface area contributed by atoms with E-state index in [9.17, 15) is 10.4 Å². The number of ether oxygens (including phenoxy) is 2. The molecule has 0 amide bonds. The first-order valence-electron chi connectivity index (χ1n) is 15.3. The minimum absolute atomic E-state index is 0.0695. The van der Waals surface area contributed by atoms with E-state index in [1.807, 2.05) is 78.9 Å². The fraction of sp³-hybridized carbons (Fsp3) is 0.200. The van der Waals surface area contributed by atoms with Crippen LogP contribution in [0.2, 0.25) is 10.0 Å². The molecule has 5 nitrogen and oxygen atoms in total. The van der Waals surface area contributed by atoms with Crippen LogP contribution in [0.4, 0.5) is 0 Å². The number of rotatable bonds is 8. The highest BCUT2D eigenvalue weighted by Gasteiger charge is 2.64. The first-order chi connectivity index (χ1) is 22.7. The van der Waals surface area contributed by atoms with Crippen LogP contribution in [0.1, 0.15) is 50.9 Å². The molecule has 5 atom stereocenters. The summed E-state index contributed by atoms with van der Waals surface area (Å²) in [6.45, 7) is 0. The Bertz CT molecular complexity index is 1890. The van der Waals surface area contributed by atoms with Crippen LogP contribution in [-0.2, 0) is 11.0 Å². The smallest absolute Gasteiger partial charge is 0.169 e. The van der Waals surface area contributed by atoms with Crippen molar-refractivity contribution in [2.24, 2.45) is 5.92 Å². The van der Waals surface area contributed by atoms with Gasteiger partial charge in [0.1, 0.15) is 17.1 Å². The van der Waals surface area contributed by atoms with E-state index in [1.165, 1.54) is 0 Å². The molecule has 47 heavy (non-hydrogen) atoms. The van der Waals surface area contributed by atoms with Gasteiger partial charge in [0.05, 0.1) is 31.6 Å². The third-order valence-electron chi connectivity index (χ3n) is 9.59. The lowest BCUT2D eigenvalue weighted by Crippen LogP contribution is -2.58. The van der Waals surface area contributed by atoms with E-state index in [4.69, 9.17) is 32.7 Å². The second-order valence-corrected chi connectivity index (χ2v) is 12.8. The standard InChI is InChI=1S/C40H33Cl2NO4/c1-46-33-20-10-26(11-21-33)35-24-40(45,30-14-18-32(42)19-15-30)37(38(44)28-8-16-31(41)17-9-28)36(27-12-22-34(47-2)23-13-27)39(35,25-43)29-6-4-3-5-7-29/h3-23,35-37,45H,24H2,1-2H3/t35-,36-,37+,39-,40-/m0/s1. The maximum Gasteiger partial charge on any atom is 0.169 e. The van der Waals surface area contributed by atoms with Gasteiger partial charge < -0.3 is 14.6 Å². The van der Waals surface area contributed by atoms with Crippen LogP contribution in [0.15, 0.2) is 127 Å². The van der Waals surface area contributed by atoms with Gasteiger partial charge in [-0.05, 0) is 89.3 Å². The topological polar surface area (TPSA) is 79.6 Å². The maximum atomic E-state index is 15.1. The van der Waals surface area contributed by atoms with Crippen molar-refractivity contribution >= 4 is 29.0 Å². The first-order valence-corrected chi connectivity index (χ1v) is 16.0. The molecule has 1 aliphatic carbocycles. The molecular weight excluding hydrogens is 629 g/mol. The summed E-state index contributed by atoms with van der Waals surface area (Å²) in [5, 5.41) is 25.9. The Labute approximate surface area is 284 Å². The molecule has 7 heteroatoms. The molecule has 0 radical (unpaired) electrons. The van der Waals surface area contributed by atoms with Gasteiger partial charge in [0.15, 0.2) is 5.78 Å². The van der Waals surface area contributed by atoms with Gasteiger partial charge in [-0.3, -0.25) is 4.79 Å². The predicted molar refractivity (Wildman–Crippen MR) is 184 cm³/mol. The maximum absolute atomic E-state index is 15.1. The van der Waals surface area contributed by atoms with Crippen LogP contribution in [0.5, 0.6) is 11.5 Å². The monoisotopic (exact) mass is 661 g/mol. The summed E-state index contributed by atoms with van der Waals surface area (Å²) < 4.78 is 11.0. The van der Waals surface area contributed by atoms with Crippen molar-refractivity contribution in [2.45, 2.75) is 29.3 Å². The summed E-state index contributed by atoms with van der Waals surface area (Å²) in [5.74, 6) is -1.50. The van der Waals surface area contributed by atoms with Crippen molar-refractivity contribution in [3.05, 3.63) is 165 Å². The average Bonchev–Trinajstić information content (AvgIpc) is 3.12. The number of benzene rings is 5. The molecule has 5 aromatic rings. The van der Waals surface area contributed by atoms with Gasteiger partial charge in [-0.25, -0.2) is 0 Å². The zero-order valence-electron chi connectivity index (χ0n) is 25.9. The number of nitrogens with zero attached hydrogens (tertiary/aromatic N) is 1. The zero-order chi connectivity index (χ0) is 33.2. The highest BCUT2D eigenvalue weighted by molar-refractivity contribution is 6.31. The minimum atomic E-state index is -1.73. The third kappa shape index (κ3) is 5.79. The normalized spacial score (nSPS) is 23.8. The Kier molecular flexibility index (Phi) is 9.12. The molecule has 6 rings (SSSR count). The van der Waals surface area contributed by atoms with E-state index in [1.54, 1.807) is 62.8 Å². The number of ketones is 1. The SMILES string of the molecule is COc1ccc([C@@H]2C[C@](O)(c3ccc(Cl)cc3)[C@@H](C(=O)c3ccc(Cl)cc3)[C@H](c3ccc(OC)cc3)[C@@]2(C#N)c2ccccc2)cc1. The summed E-state index contributed by atoms with van der Waals surface area (Å²) in [6.07, 6.45) is 0.0695. The molecular formula is C40H33Cl2NO4. The van der Waals surface area contributed by atoms with Gasteiger partial charge >= 0.3 is 0 Å². The second-order valence-electron chi connectivity index (χ2n) is 11.9. The van der Waals surface area contributed by atoms with E-state index in [-0.39, 0.29) is 12.2 Å². The molecule has 0 aromatic heterocycles. The Morgan fingerprint density at radius 2 is 1.23 bits per heavy atom. The van der Waals surface area contributed by atoms with Crippen molar-refractivity contribution in [3.63, 3.8) is 0 Å². The number of Topliss-reactive ketones (excluding diaryl/α,β-unsaturated/α-hetero) is 1. The number of halogens is 2. The Morgan fingerprint density at radius 3 is 1.74 bits per heavy atom. The molecule has 1 aliphatic rings. The van der Waals surface area contributed by atoms with Crippen molar-refractivity contribution in [1.82, 2.24) is 0 Å². The van der Waals surface area contributed by atoms with Crippen LogP contribution in [0.25, 0.3) is 0 Å². The summed E-state index contributed by atoms with van der Waals surface area (Å²) >= 11 is 12.6. The molecule has 5 aromatic carbocycles. The number of hydrogen-bond donors (Lipinski definition) is 1. The van der Waals surface area contributed by atoms with E-state index in [0.29, 0.717) is 38.2 Å². The lowest BCUT2D eigenvalue weighted by molar-refractivity contribution is -0.0738. The number of carbonyl (C=O) groups is 1. The highest BCUT2D eigenvalue weighted by Crippen LogP contribution is 2.64. The van der Waals surface area contributed by atoms with Crippen LogP contribution < -0.4 is 9.47 Å². The summed E-state index contributed by atoms with van der Waals surface area (Å²) in [4.78, 5) is 15.1. The second kappa shape index (κ2) is 13.3. The quantitative estimate of drug-likeness (QED) is 0.168. The van der Waals surface area contributed by atoms with E-state index >= 15 is 4.79 Å². The molecule has 0 unspecified atom stereocenters. The Hall–Kier alpha value is -4.60. The van der Waals surface area contributed by atoms with E-state index in [0.717, 1.165) is 11.1 Å². The molecule has 0 spiro atoms. The fourth-order valence-corrected chi connectivity index (χ4v) is 7.59. The van der Waals surface area contributed by atoms with Crippen molar-refractivity contribution in [2.75, 3.05) is 14.2 Å². The van der Waals surface area contributed by atoms with Crippen molar-refractivity contribution in [1.29, 1.82) is 5.26 Å². The van der Waals surface area contributed by atoms with Gasteiger partial charge in [0.2, 0.25) is 0 Å². The Morgan fingerprint density at radius 1 is 0.723 bits per heavy atom. The number of aliphatic hydroxyl groups is 1. The number of carbonyl (C=O) groups excluding carboxylic acids is 1. The van der Waals surface area contributed by atoms with Gasteiger partial charge in [0, 0.05) is 27.4 Å². The average molecular weight is 663 g/mol. The molecule has 236 valence electrons. The Balaban J connectivity index is 1.72. The van der Waals surface area contributed by atoms with Crippen LogP contribution in [0, 0.1) is 17.2 Å². The molecule has 1 saturated carbocycles. The summed E-state index contributed by atoms with van der Waals surface area (Å²) in [7, 11) is 3.19. The van der Waals surface area contributed by atoms with Gasteiger partial charge in [-0.2, -0.15) is 5.26 Å². The molecule has 0 bridgehead atoms. The minimum Gasteiger partial charge on any atom is -0.497 e. The summed E-state index contributed by atoms with van der Waals surface area (Å²) in [5.41, 5.74) is 0.172. The fourth-order valence-electron chi connectivity index (χ4n) is 7.34. The van der Waals surface area contributed by atoms with Crippen LogP contribution in [0.3, 0.4) is 0 Å². The summed E-state index contributed by atoms with van der Waals surface area (Å²) in [6, 6.07) is 41.0. The lowest BCUT2D eigenvalue weighted by Gasteiger charge is -2.56. The predicted octanol–water partition coefficient (Wildman–Crippen LogP) is 9.13. The number of methoxy groups -OCH3 is 2. The molecule has 0 aliphatic heterocycles. The zero-order valence-corrected chi connectivity index (χ0v) is 27.5. The molecule has 0 heterocycles. The van der Waals surface area contributed by atoms with Gasteiger partial charge in [-0.15, -0.1) is 0 Å². The first kappa shape index (κ1) is 32.3. The van der Waals surface area contributed by atoms with Gasteiger partial charge in [-0.1, -0.05) is 89.9 Å². The number of nitriles is 1. The molecule has 1 N–H and O–H groups in total. The van der Waals surface area contributed by atoms with Crippen LogP contribution in [-0.4, -0.2) is 25.1 Å².